The van der Waals surface area contributed by atoms with Crippen LogP contribution in [0, 0.1) is 0 Å². The van der Waals surface area contributed by atoms with Crippen molar-refractivity contribution >= 4 is 17.3 Å². The van der Waals surface area contributed by atoms with Crippen molar-refractivity contribution in [3.8, 4) is 0 Å². The molecule has 3 rings (SSSR count). The molecule has 0 radical (unpaired) electrons. The Morgan fingerprint density at radius 2 is 1.70 bits per heavy atom. The molecule has 0 aromatic heterocycles. The van der Waals surface area contributed by atoms with Crippen LogP contribution < -0.4 is 10.2 Å². The van der Waals surface area contributed by atoms with Crippen molar-refractivity contribution in [2.75, 3.05) is 43.6 Å². The van der Waals surface area contributed by atoms with Crippen molar-refractivity contribution in [2.24, 2.45) is 0 Å². The quantitative estimate of drug-likeness (QED) is 0.766. The van der Waals surface area contributed by atoms with Gasteiger partial charge in [-0.1, -0.05) is 12.1 Å². The molecule has 1 aliphatic rings. The van der Waals surface area contributed by atoms with Gasteiger partial charge in [-0.25, -0.2) is 0 Å². The number of anilines is 2. The van der Waals surface area contributed by atoms with Gasteiger partial charge in [0.15, 0.2) is 0 Å². The largest absolute Gasteiger partial charge is 0.416 e. The van der Waals surface area contributed by atoms with Gasteiger partial charge >= 0.3 is 6.18 Å². The average Bonchev–Trinajstić information content (AvgIpc) is 2.74. The summed E-state index contributed by atoms with van der Waals surface area (Å²) in [5.41, 5.74) is 1.82. The maximum absolute atomic E-state index is 12.7. The highest BCUT2D eigenvalue weighted by Crippen LogP contribution is 2.29. The van der Waals surface area contributed by atoms with E-state index in [4.69, 9.17) is 4.74 Å². The molecule has 0 unspecified atom stereocenters. The zero-order valence-electron chi connectivity index (χ0n) is 17.1. The lowest BCUT2D eigenvalue weighted by Gasteiger charge is -2.29. The Balaban J connectivity index is 1.54. The fourth-order valence-electron chi connectivity index (χ4n) is 3.25. The lowest BCUT2D eigenvalue weighted by atomic mass is 10.1. The van der Waals surface area contributed by atoms with Crippen LogP contribution in [0.1, 0.15) is 18.1 Å². The molecule has 8 heteroatoms. The molecule has 1 heterocycles. The highest BCUT2D eigenvalue weighted by molar-refractivity contribution is 5.94. The molecule has 30 heavy (non-hydrogen) atoms. The zero-order chi connectivity index (χ0) is 21.7. The van der Waals surface area contributed by atoms with Gasteiger partial charge in [0.25, 0.3) is 0 Å². The number of halogens is 3. The number of likely N-dealkylation sites (N-methyl/N-ethyl adjacent to an activating group) is 1. The van der Waals surface area contributed by atoms with Crippen molar-refractivity contribution in [1.29, 1.82) is 0 Å². The van der Waals surface area contributed by atoms with Gasteiger partial charge in [0.05, 0.1) is 24.8 Å². The van der Waals surface area contributed by atoms with Crippen LogP contribution in [0.25, 0.3) is 0 Å². The number of benzene rings is 2. The molecular weight excluding hydrogens is 395 g/mol. The average molecular weight is 421 g/mol. The summed E-state index contributed by atoms with van der Waals surface area (Å²) in [6.45, 7) is 5.24. The molecule has 1 atom stereocenters. The summed E-state index contributed by atoms with van der Waals surface area (Å²) in [4.78, 5) is 16.6. The van der Waals surface area contributed by atoms with Crippen molar-refractivity contribution in [2.45, 2.75) is 25.7 Å². The predicted octanol–water partition coefficient (Wildman–Crippen LogP) is 4.00. The second-order valence-electron chi connectivity index (χ2n) is 7.42. The molecular formula is C22H26F3N3O2. The molecule has 1 saturated heterocycles. The second-order valence-corrected chi connectivity index (χ2v) is 7.42. The Kier molecular flexibility index (Phi) is 6.99. The number of rotatable bonds is 6. The van der Waals surface area contributed by atoms with Crippen LogP contribution in [-0.2, 0) is 22.3 Å². The molecule has 0 bridgehead atoms. The summed E-state index contributed by atoms with van der Waals surface area (Å²) >= 11 is 0. The van der Waals surface area contributed by atoms with E-state index in [0.717, 1.165) is 30.9 Å². The van der Waals surface area contributed by atoms with Crippen LogP contribution >= 0.6 is 0 Å². The second kappa shape index (κ2) is 9.49. The number of morpholine rings is 1. The first-order valence-electron chi connectivity index (χ1n) is 9.84. The topological polar surface area (TPSA) is 44.8 Å². The van der Waals surface area contributed by atoms with Crippen LogP contribution in [0.5, 0.6) is 0 Å². The third kappa shape index (κ3) is 5.73. The third-order valence-electron chi connectivity index (χ3n) is 5.26. The van der Waals surface area contributed by atoms with Gasteiger partial charge in [-0.2, -0.15) is 13.2 Å². The predicted molar refractivity (Wildman–Crippen MR) is 110 cm³/mol. The number of carbonyl (C=O) groups is 1. The van der Waals surface area contributed by atoms with Gasteiger partial charge < -0.3 is 15.0 Å². The first-order valence-corrected chi connectivity index (χ1v) is 9.84. The van der Waals surface area contributed by atoms with Gasteiger partial charge in [-0.3, -0.25) is 9.69 Å². The standard InChI is InChI=1S/C22H26F3N3O2/c1-16(27(2)15-17-3-5-18(6-4-17)22(23,24)25)21(29)26-19-7-9-20(10-8-19)28-11-13-30-14-12-28/h3-10,16H,11-15H2,1-2H3,(H,26,29)/t16-/m1/s1. The minimum absolute atomic E-state index is 0.177. The zero-order valence-corrected chi connectivity index (χ0v) is 17.1. The molecule has 1 fully saturated rings. The van der Waals surface area contributed by atoms with Crippen molar-refractivity contribution in [3.63, 3.8) is 0 Å². The van der Waals surface area contributed by atoms with Gasteiger partial charge in [-0.15, -0.1) is 0 Å². The molecule has 1 N–H and O–H groups in total. The van der Waals surface area contributed by atoms with Crippen molar-refractivity contribution in [1.82, 2.24) is 4.90 Å². The molecule has 2 aromatic carbocycles. The lowest BCUT2D eigenvalue weighted by Crippen LogP contribution is -2.39. The van der Waals surface area contributed by atoms with E-state index in [1.54, 1.807) is 18.9 Å². The summed E-state index contributed by atoms with van der Waals surface area (Å²) in [5.74, 6) is -0.177. The monoisotopic (exact) mass is 421 g/mol. The maximum atomic E-state index is 12.7. The van der Waals surface area contributed by atoms with Crippen LogP contribution in [0.2, 0.25) is 0 Å². The van der Waals surface area contributed by atoms with Gasteiger partial charge in [-0.05, 0) is 55.9 Å². The number of hydrogen-bond donors (Lipinski definition) is 1. The molecule has 0 aliphatic carbocycles. The Hall–Kier alpha value is -2.58. The SMILES string of the molecule is C[C@H](C(=O)Nc1ccc(N2CCOCC2)cc1)N(C)Cc1ccc(C(F)(F)F)cc1. The van der Waals surface area contributed by atoms with E-state index < -0.39 is 17.8 Å². The summed E-state index contributed by atoms with van der Waals surface area (Å²) in [7, 11) is 1.77. The van der Waals surface area contributed by atoms with E-state index in [1.807, 2.05) is 24.3 Å². The van der Waals surface area contributed by atoms with Gasteiger partial charge in [0.2, 0.25) is 5.91 Å². The molecule has 0 saturated carbocycles. The lowest BCUT2D eigenvalue weighted by molar-refractivity contribution is -0.137. The number of nitrogens with one attached hydrogen (secondary N) is 1. The highest BCUT2D eigenvalue weighted by Gasteiger charge is 2.30. The van der Waals surface area contributed by atoms with Crippen LogP contribution in [-0.4, -0.2) is 50.2 Å². The van der Waals surface area contributed by atoms with E-state index in [2.05, 4.69) is 10.2 Å². The van der Waals surface area contributed by atoms with E-state index in [9.17, 15) is 18.0 Å². The van der Waals surface area contributed by atoms with E-state index in [1.165, 1.54) is 12.1 Å². The number of carbonyl (C=O) groups excluding carboxylic acids is 1. The third-order valence-corrected chi connectivity index (χ3v) is 5.26. The van der Waals surface area contributed by atoms with Crippen LogP contribution in [0.15, 0.2) is 48.5 Å². The molecule has 1 aliphatic heterocycles. The van der Waals surface area contributed by atoms with Crippen LogP contribution in [0.4, 0.5) is 24.5 Å². The summed E-state index contributed by atoms with van der Waals surface area (Å²) in [6, 6.07) is 12.2. The maximum Gasteiger partial charge on any atom is 0.416 e. The smallest absolute Gasteiger partial charge is 0.378 e. The summed E-state index contributed by atoms with van der Waals surface area (Å²) in [6.07, 6.45) is -4.35. The fraction of sp³-hybridized carbons (Fsp3) is 0.409. The summed E-state index contributed by atoms with van der Waals surface area (Å²) < 4.78 is 43.4. The minimum Gasteiger partial charge on any atom is -0.378 e. The number of hydrogen-bond acceptors (Lipinski definition) is 4. The van der Waals surface area contributed by atoms with Gasteiger partial charge in [0, 0.05) is 31.0 Å². The molecule has 162 valence electrons. The Bertz CT molecular complexity index is 832. The number of nitrogens with zero attached hydrogens (tertiary/aromatic N) is 2. The molecule has 0 spiro atoms. The minimum atomic E-state index is -4.35. The first kappa shape index (κ1) is 22.1. The fourth-order valence-corrected chi connectivity index (χ4v) is 3.25. The summed E-state index contributed by atoms with van der Waals surface area (Å²) in [5, 5.41) is 2.89. The van der Waals surface area contributed by atoms with Crippen molar-refractivity contribution < 1.29 is 22.7 Å². The Labute approximate surface area is 174 Å². The van der Waals surface area contributed by atoms with E-state index in [0.29, 0.717) is 31.0 Å². The Morgan fingerprint density at radius 3 is 2.27 bits per heavy atom. The van der Waals surface area contributed by atoms with E-state index in [-0.39, 0.29) is 5.91 Å². The number of alkyl halides is 3. The Morgan fingerprint density at radius 1 is 1.10 bits per heavy atom. The number of ether oxygens (including phenoxy) is 1. The van der Waals surface area contributed by atoms with Crippen molar-refractivity contribution in [3.05, 3.63) is 59.7 Å². The molecule has 2 aromatic rings. The van der Waals surface area contributed by atoms with Gasteiger partial charge in [0.1, 0.15) is 0 Å². The highest BCUT2D eigenvalue weighted by atomic mass is 19.4. The number of amides is 1. The normalized spacial score (nSPS) is 15.9. The van der Waals surface area contributed by atoms with E-state index >= 15 is 0 Å². The first-order chi connectivity index (χ1) is 14.2. The molecule has 5 nitrogen and oxygen atoms in total. The van der Waals surface area contributed by atoms with Crippen LogP contribution in [0.3, 0.4) is 0 Å². The molecule has 1 amide bonds.